The van der Waals surface area contributed by atoms with E-state index >= 15 is 0 Å². The molecule has 0 aliphatic carbocycles. The predicted octanol–water partition coefficient (Wildman–Crippen LogP) is 1.09. The number of hydrogen-bond donors (Lipinski definition) is 0. The molecular formula is C8H8N3. The van der Waals surface area contributed by atoms with Crippen molar-refractivity contribution in [2.75, 3.05) is 0 Å². The number of rotatable bonds is 1. The van der Waals surface area contributed by atoms with Crippen LogP contribution in [-0.2, 0) is 6.42 Å². The number of nitrogens with zero attached hydrogens (tertiary/aromatic N) is 3. The molecule has 0 saturated heterocycles. The Labute approximate surface area is 64.7 Å². The topological polar surface area (TPSA) is 30.2 Å². The zero-order valence-electron chi connectivity index (χ0n) is 6.28. The normalized spacial score (nSPS) is 10.6. The zero-order valence-corrected chi connectivity index (χ0v) is 6.28. The van der Waals surface area contributed by atoms with E-state index in [1.54, 1.807) is 10.6 Å². The van der Waals surface area contributed by atoms with Crippen LogP contribution >= 0.6 is 0 Å². The minimum absolute atomic E-state index is 0.726. The van der Waals surface area contributed by atoms with Gasteiger partial charge in [0.15, 0.2) is 0 Å². The van der Waals surface area contributed by atoms with E-state index in [1.807, 2.05) is 12.3 Å². The third kappa shape index (κ3) is 0.981. The van der Waals surface area contributed by atoms with Gasteiger partial charge in [0.05, 0.1) is 11.9 Å². The monoisotopic (exact) mass is 146 g/mol. The molecule has 0 aliphatic rings. The highest BCUT2D eigenvalue weighted by Crippen LogP contribution is 2.00. The van der Waals surface area contributed by atoms with Crippen molar-refractivity contribution in [3.63, 3.8) is 0 Å². The van der Waals surface area contributed by atoms with E-state index in [1.165, 1.54) is 0 Å². The summed E-state index contributed by atoms with van der Waals surface area (Å²) < 4.78 is 1.80. The van der Waals surface area contributed by atoms with Crippen LogP contribution in [-0.4, -0.2) is 14.4 Å². The molecule has 1 radical (unpaired) electrons. The van der Waals surface area contributed by atoms with Crippen LogP contribution in [0.15, 0.2) is 18.5 Å². The van der Waals surface area contributed by atoms with Gasteiger partial charge in [0.1, 0.15) is 0 Å². The highest BCUT2D eigenvalue weighted by Gasteiger charge is 1.98. The first-order valence-electron chi connectivity index (χ1n) is 3.61. The fourth-order valence-electron chi connectivity index (χ4n) is 0.976. The lowest BCUT2D eigenvalue weighted by atomic mass is 10.4. The Morgan fingerprint density at radius 2 is 2.55 bits per heavy atom. The maximum absolute atomic E-state index is 4.23. The number of aryl methyl sites for hydroxylation is 1. The Morgan fingerprint density at radius 1 is 1.64 bits per heavy atom. The summed E-state index contributed by atoms with van der Waals surface area (Å²) in [4.78, 5) is 8.30. The summed E-state index contributed by atoms with van der Waals surface area (Å²) in [6.45, 7) is 2.05. The minimum atomic E-state index is 0.726. The summed E-state index contributed by atoms with van der Waals surface area (Å²) in [5, 5.41) is 0. The molecule has 2 aromatic rings. The molecule has 3 heteroatoms. The number of fused-ring (bicyclic) bond motifs is 1. The number of imidazole rings is 1. The van der Waals surface area contributed by atoms with Crippen LogP contribution in [0.5, 0.6) is 0 Å². The van der Waals surface area contributed by atoms with Gasteiger partial charge < -0.3 is 0 Å². The van der Waals surface area contributed by atoms with Crippen LogP contribution < -0.4 is 0 Å². The molecule has 11 heavy (non-hydrogen) atoms. The molecule has 0 aromatic carbocycles. The predicted molar refractivity (Wildman–Crippen MR) is 41.2 cm³/mol. The average Bonchev–Trinajstić information content (AvgIpc) is 2.46. The molecule has 0 N–H and O–H groups in total. The van der Waals surface area contributed by atoms with Crippen LogP contribution in [0.2, 0.25) is 0 Å². The fourth-order valence-corrected chi connectivity index (χ4v) is 0.976. The maximum Gasteiger partial charge on any atom is 0.234 e. The molecule has 0 unspecified atom stereocenters. The summed E-state index contributed by atoms with van der Waals surface area (Å²) in [5.41, 5.74) is 0.962. The van der Waals surface area contributed by atoms with Gasteiger partial charge in [-0.15, -0.1) is 0 Å². The molecule has 3 nitrogen and oxygen atoms in total. The van der Waals surface area contributed by atoms with Gasteiger partial charge in [0.2, 0.25) is 5.78 Å². The lowest BCUT2D eigenvalue weighted by Crippen LogP contribution is -1.83. The zero-order chi connectivity index (χ0) is 7.68. The van der Waals surface area contributed by atoms with Crippen molar-refractivity contribution >= 4 is 5.78 Å². The molecule has 2 rings (SSSR count). The third-order valence-electron chi connectivity index (χ3n) is 1.55. The van der Waals surface area contributed by atoms with Crippen LogP contribution in [0.25, 0.3) is 5.78 Å². The Hall–Kier alpha value is -1.38. The second kappa shape index (κ2) is 2.34. The fraction of sp³-hybridized carbons (Fsp3) is 0.250. The second-order valence-corrected chi connectivity index (χ2v) is 2.31. The van der Waals surface area contributed by atoms with Gasteiger partial charge in [0.25, 0.3) is 0 Å². The summed E-state index contributed by atoms with van der Waals surface area (Å²) in [5.74, 6) is 0.726. The second-order valence-electron chi connectivity index (χ2n) is 2.31. The first-order valence-corrected chi connectivity index (χ1v) is 3.61. The van der Waals surface area contributed by atoms with Crippen molar-refractivity contribution in [2.45, 2.75) is 13.3 Å². The minimum Gasteiger partial charge on any atom is -0.282 e. The number of aromatic nitrogens is 3. The largest absolute Gasteiger partial charge is 0.282 e. The Morgan fingerprint density at radius 3 is 3.27 bits per heavy atom. The lowest BCUT2D eigenvalue weighted by molar-refractivity contribution is 1.06. The SMILES string of the molecule is CCc1[c]n2cccnc2n1. The average molecular weight is 146 g/mol. The molecular weight excluding hydrogens is 138 g/mol. The van der Waals surface area contributed by atoms with Crippen LogP contribution in [0.1, 0.15) is 12.6 Å². The molecule has 0 atom stereocenters. The van der Waals surface area contributed by atoms with Gasteiger partial charge in [-0.05, 0) is 12.5 Å². The summed E-state index contributed by atoms with van der Waals surface area (Å²) >= 11 is 0. The Bertz CT molecular complexity index is 331. The van der Waals surface area contributed by atoms with Crippen molar-refractivity contribution in [1.82, 2.24) is 14.4 Å². The third-order valence-corrected chi connectivity index (χ3v) is 1.55. The van der Waals surface area contributed by atoms with E-state index in [9.17, 15) is 0 Å². The molecule has 2 aromatic heterocycles. The maximum atomic E-state index is 4.23. The van der Waals surface area contributed by atoms with Crippen LogP contribution in [0, 0.1) is 6.20 Å². The first kappa shape index (κ1) is 6.34. The Balaban J connectivity index is 2.69. The first-order chi connectivity index (χ1) is 5.40. The van der Waals surface area contributed by atoms with E-state index in [0.29, 0.717) is 0 Å². The van der Waals surface area contributed by atoms with Crippen molar-refractivity contribution in [3.05, 3.63) is 30.4 Å². The molecule has 2 heterocycles. The highest BCUT2D eigenvalue weighted by atomic mass is 15.1. The molecule has 0 aliphatic heterocycles. The van der Waals surface area contributed by atoms with E-state index in [0.717, 1.165) is 17.9 Å². The summed E-state index contributed by atoms with van der Waals surface area (Å²) in [6, 6.07) is 1.87. The van der Waals surface area contributed by atoms with Gasteiger partial charge in [-0.1, -0.05) is 6.92 Å². The molecule has 0 bridgehead atoms. The molecule has 55 valence electrons. The lowest BCUT2D eigenvalue weighted by Gasteiger charge is -1.85. The van der Waals surface area contributed by atoms with E-state index in [4.69, 9.17) is 0 Å². The molecule has 0 spiro atoms. The van der Waals surface area contributed by atoms with Crippen LogP contribution in [0.3, 0.4) is 0 Å². The summed E-state index contributed by atoms with van der Waals surface area (Å²) in [7, 11) is 0. The van der Waals surface area contributed by atoms with Gasteiger partial charge in [0, 0.05) is 12.4 Å². The van der Waals surface area contributed by atoms with Gasteiger partial charge in [-0.3, -0.25) is 4.40 Å². The van der Waals surface area contributed by atoms with Crippen LogP contribution in [0.4, 0.5) is 0 Å². The van der Waals surface area contributed by atoms with E-state index < -0.39 is 0 Å². The van der Waals surface area contributed by atoms with Gasteiger partial charge in [-0.2, -0.15) is 0 Å². The quantitative estimate of drug-likeness (QED) is 0.603. The van der Waals surface area contributed by atoms with Gasteiger partial charge >= 0.3 is 0 Å². The van der Waals surface area contributed by atoms with E-state index in [2.05, 4.69) is 23.1 Å². The van der Waals surface area contributed by atoms with Crippen molar-refractivity contribution in [1.29, 1.82) is 0 Å². The van der Waals surface area contributed by atoms with Crippen molar-refractivity contribution in [3.8, 4) is 0 Å². The molecule has 0 amide bonds. The molecule has 0 fully saturated rings. The van der Waals surface area contributed by atoms with E-state index in [-0.39, 0.29) is 0 Å². The smallest absolute Gasteiger partial charge is 0.234 e. The molecule has 0 saturated carbocycles. The number of hydrogen-bond acceptors (Lipinski definition) is 2. The van der Waals surface area contributed by atoms with Crippen molar-refractivity contribution < 1.29 is 0 Å². The summed E-state index contributed by atoms with van der Waals surface area (Å²) in [6.07, 6.45) is 7.62. The highest BCUT2D eigenvalue weighted by molar-refractivity contribution is 5.28. The Kier molecular flexibility index (Phi) is 1.35. The van der Waals surface area contributed by atoms with Gasteiger partial charge in [-0.25, -0.2) is 9.97 Å². The van der Waals surface area contributed by atoms with Crippen molar-refractivity contribution in [2.24, 2.45) is 0 Å². The standard InChI is InChI=1S/C8H8N3/c1-2-7-6-11-5-3-4-9-8(11)10-7/h3-5H,2H2,1H3.